The van der Waals surface area contributed by atoms with Crippen molar-refractivity contribution >= 4 is 12.0 Å². The monoisotopic (exact) mass is 280 g/mol. The van der Waals surface area contributed by atoms with Crippen LogP contribution in [0.4, 0.5) is 10.1 Å². The number of aryl methyl sites for hydroxylation is 1. The molecule has 0 atom stereocenters. The van der Waals surface area contributed by atoms with E-state index in [4.69, 9.17) is 9.47 Å². The lowest BCUT2D eigenvalue weighted by Gasteiger charge is -2.40. The Morgan fingerprint density at radius 2 is 2.20 bits per heavy atom. The smallest absolute Gasteiger partial charge is 0.142 e. The highest BCUT2D eigenvalue weighted by Gasteiger charge is 2.42. The summed E-state index contributed by atoms with van der Waals surface area (Å²) in [5.74, 6) is -0.299. The van der Waals surface area contributed by atoms with Crippen molar-refractivity contribution in [2.75, 3.05) is 33.9 Å². The molecule has 1 saturated heterocycles. The van der Waals surface area contributed by atoms with E-state index in [1.807, 2.05) is 25.8 Å². The first-order valence-electron chi connectivity index (χ1n) is 6.70. The van der Waals surface area contributed by atoms with Crippen molar-refractivity contribution in [3.05, 3.63) is 29.1 Å². The van der Waals surface area contributed by atoms with Crippen LogP contribution >= 0.6 is 0 Å². The lowest BCUT2D eigenvalue weighted by Crippen LogP contribution is -2.48. The van der Waals surface area contributed by atoms with E-state index in [1.54, 1.807) is 19.5 Å². The van der Waals surface area contributed by atoms with Gasteiger partial charge in [-0.15, -0.1) is 0 Å². The summed E-state index contributed by atoms with van der Waals surface area (Å²) in [6.45, 7) is 5.58. The number of hydrogen-bond acceptors (Lipinski definition) is 3. The third-order valence-electron chi connectivity index (χ3n) is 3.73. The zero-order chi connectivity index (χ0) is 14.8. The number of aliphatic imine (C=N–C) groups is 1. The molecule has 0 amide bonds. The molecule has 1 heterocycles. The molecule has 1 aliphatic rings. The fourth-order valence-electron chi connectivity index (χ4n) is 2.07. The fraction of sp³-hybridized carbons (Fsp3) is 0.533. The van der Waals surface area contributed by atoms with E-state index in [-0.39, 0.29) is 5.82 Å². The Bertz CT molecular complexity index is 507. The Kier molecular flexibility index (Phi) is 4.40. The number of hydrogen-bond donors (Lipinski definition) is 0. The lowest BCUT2D eigenvalue weighted by molar-refractivity contribution is -0.204. The quantitative estimate of drug-likeness (QED) is 0.614. The van der Waals surface area contributed by atoms with Gasteiger partial charge in [0.15, 0.2) is 0 Å². The van der Waals surface area contributed by atoms with Crippen molar-refractivity contribution in [1.82, 2.24) is 4.90 Å². The van der Waals surface area contributed by atoms with E-state index in [2.05, 4.69) is 4.99 Å². The van der Waals surface area contributed by atoms with Crippen LogP contribution in [0.25, 0.3) is 0 Å². The molecule has 0 unspecified atom stereocenters. The highest BCUT2D eigenvalue weighted by molar-refractivity contribution is 5.63. The first-order chi connectivity index (χ1) is 9.52. The topological polar surface area (TPSA) is 34.1 Å². The molecule has 0 saturated carbocycles. The summed E-state index contributed by atoms with van der Waals surface area (Å²) in [5, 5.41) is 0. The first kappa shape index (κ1) is 14.9. The summed E-state index contributed by atoms with van der Waals surface area (Å²) in [5.41, 5.74) is 1.46. The molecule has 1 fully saturated rings. The van der Waals surface area contributed by atoms with Crippen LogP contribution in [-0.2, 0) is 15.1 Å². The maximum atomic E-state index is 14.3. The molecule has 0 spiro atoms. The first-order valence-corrected chi connectivity index (χ1v) is 6.70. The second kappa shape index (κ2) is 5.89. The van der Waals surface area contributed by atoms with Crippen molar-refractivity contribution in [3.63, 3.8) is 0 Å². The predicted octanol–water partition coefficient (Wildman–Crippen LogP) is 2.62. The van der Waals surface area contributed by atoms with Gasteiger partial charge in [-0.1, -0.05) is 0 Å². The normalized spacial score (nSPS) is 17.2. The largest absolute Gasteiger partial charge is 0.375 e. The molecular weight excluding hydrogens is 259 g/mol. The molecule has 2 rings (SSSR count). The Morgan fingerprint density at radius 1 is 1.50 bits per heavy atom. The molecule has 0 radical (unpaired) electrons. The van der Waals surface area contributed by atoms with Gasteiger partial charge in [-0.25, -0.2) is 9.38 Å². The van der Waals surface area contributed by atoms with E-state index in [0.29, 0.717) is 24.5 Å². The van der Waals surface area contributed by atoms with E-state index in [0.717, 1.165) is 12.1 Å². The number of ether oxygens (including phenoxy) is 2. The summed E-state index contributed by atoms with van der Waals surface area (Å²) >= 11 is 0. The van der Waals surface area contributed by atoms with Gasteiger partial charge in [-0.2, -0.15) is 0 Å². The molecule has 110 valence electrons. The summed E-state index contributed by atoms with van der Waals surface area (Å²) in [4.78, 5) is 6.25. The summed E-state index contributed by atoms with van der Waals surface area (Å²) in [7, 11) is 3.51. The summed E-state index contributed by atoms with van der Waals surface area (Å²) in [6, 6.07) is 3.27. The van der Waals surface area contributed by atoms with Crippen molar-refractivity contribution in [2.45, 2.75) is 19.4 Å². The molecule has 0 aliphatic carbocycles. The standard InChI is InChI=1S/C15H21FN2O2/c1-5-18(3)10-17-14-7-13(16)12(6-11(14)2)15(19-4)8-20-9-15/h6-7,10H,5,8-9H2,1-4H3. The number of rotatable bonds is 5. The molecule has 0 bridgehead atoms. The van der Waals surface area contributed by atoms with Crippen molar-refractivity contribution < 1.29 is 13.9 Å². The van der Waals surface area contributed by atoms with Crippen molar-refractivity contribution in [1.29, 1.82) is 0 Å². The predicted molar refractivity (Wildman–Crippen MR) is 77.1 cm³/mol. The molecule has 1 aliphatic heterocycles. The van der Waals surface area contributed by atoms with E-state index in [1.165, 1.54) is 6.07 Å². The summed E-state index contributed by atoms with van der Waals surface area (Å²) in [6.07, 6.45) is 1.71. The lowest BCUT2D eigenvalue weighted by atomic mass is 9.89. The second-order valence-electron chi connectivity index (χ2n) is 5.13. The molecule has 5 heteroatoms. The van der Waals surface area contributed by atoms with Gasteiger partial charge in [0.2, 0.25) is 0 Å². The summed E-state index contributed by atoms with van der Waals surface area (Å²) < 4.78 is 24.9. The number of nitrogens with zero attached hydrogens (tertiary/aromatic N) is 2. The zero-order valence-corrected chi connectivity index (χ0v) is 12.4. The average Bonchev–Trinajstić information content (AvgIpc) is 2.39. The molecule has 0 N–H and O–H groups in total. The van der Waals surface area contributed by atoms with Gasteiger partial charge in [-0.05, 0) is 25.5 Å². The SMILES string of the molecule is CCN(C)C=Nc1cc(F)c(C2(OC)COC2)cc1C. The minimum absolute atomic E-state index is 0.299. The van der Waals surface area contributed by atoms with Crippen LogP contribution in [-0.4, -0.2) is 45.2 Å². The van der Waals surface area contributed by atoms with Crippen LogP contribution in [0, 0.1) is 12.7 Å². The molecule has 20 heavy (non-hydrogen) atoms. The van der Waals surface area contributed by atoms with Crippen LogP contribution in [0.3, 0.4) is 0 Å². The number of benzene rings is 1. The van der Waals surface area contributed by atoms with Gasteiger partial charge >= 0.3 is 0 Å². The van der Waals surface area contributed by atoms with Gasteiger partial charge in [0.1, 0.15) is 11.4 Å². The molecule has 1 aromatic carbocycles. The minimum atomic E-state index is -0.642. The van der Waals surface area contributed by atoms with Gasteiger partial charge in [0, 0.05) is 32.3 Å². The third kappa shape index (κ3) is 2.69. The third-order valence-corrected chi connectivity index (χ3v) is 3.73. The van der Waals surface area contributed by atoms with Crippen LogP contribution in [0.2, 0.25) is 0 Å². The number of halogens is 1. The van der Waals surface area contributed by atoms with Crippen molar-refractivity contribution in [3.8, 4) is 0 Å². The Balaban J connectivity index is 2.31. The van der Waals surface area contributed by atoms with Gasteiger partial charge in [-0.3, -0.25) is 0 Å². The van der Waals surface area contributed by atoms with Gasteiger partial charge in [0.25, 0.3) is 0 Å². The Morgan fingerprint density at radius 3 is 2.70 bits per heavy atom. The Hall–Kier alpha value is -1.46. The molecular formula is C15H21FN2O2. The van der Waals surface area contributed by atoms with Gasteiger partial charge in [0.05, 0.1) is 25.2 Å². The van der Waals surface area contributed by atoms with Gasteiger partial charge < -0.3 is 14.4 Å². The highest BCUT2D eigenvalue weighted by atomic mass is 19.1. The molecule has 1 aromatic rings. The van der Waals surface area contributed by atoms with E-state index in [9.17, 15) is 4.39 Å². The van der Waals surface area contributed by atoms with E-state index >= 15 is 0 Å². The van der Waals surface area contributed by atoms with E-state index < -0.39 is 5.60 Å². The Labute approximate surface area is 119 Å². The second-order valence-corrected chi connectivity index (χ2v) is 5.13. The number of methoxy groups -OCH3 is 1. The maximum absolute atomic E-state index is 14.3. The van der Waals surface area contributed by atoms with Crippen LogP contribution in [0.5, 0.6) is 0 Å². The molecule has 0 aromatic heterocycles. The highest BCUT2D eigenvalue weighted by Crippen LogP contribution is 2.37. The molecule has 4 nitrogen and oxygen atoms in total. The van der Waals surface area contributed by atoms with Crippen LogP contribution < -0.4 is 0 Å². The fourth-order valence-corrected chi connectivity index (χ4v) is 2.07. The maximum Gasteiger partial charge on any atom is 0.142 e. The zero-order valence-electron chi connectivity index (χ0n) is 12.4. The van der Waals surface area contributed by atoms with Crippen LogP contribution in [0.1, 0.15) is 18.1 Å². The van der Waals surface area contributed by atoms with Crippen LogP contribution in [0.15, 0.2) is 17.1 Å². The average molecular weight is 280 g/mol. The van der Waals surface area contributed by atoms with Crippen molar-refractivity contribution in [2.24, 2.45) is 4.99 Å². The minimum Gasteiger partial charge on any atom is -0.375 e.